The van der Waals surface area contributed by atoms with Crippen molar-refractivity contribution in [3.05, 3.63) is 53.6 Å². The molecule has 120 valence electrons. The van der Waals surface area contributed by atoms with E-state index in [4.69, 9.17) is 0 Å². The first-order chi connectivity index (χ1) is 11.1. The standard InChI is InChI=1S/C19H22N2O2/c1-14-5-3-4-6-16(14)18-13-15(7-8-17(18)19(22)23)21-11-9-20(2)10-12-21/h3-8,13H,9-12H2,1-2H3,(H,22,23). The molecule has 1 N–H and O–H groups in total. The second kappa shape index (κ2) is 6.42. The number of piperazine rings is 1. The van der Waals surface area contributed by atoms with Crippen molar-refractivity contribution < 1.29 is 9.90 Å². The molecule has 0 aromatic heterocycles. The van der Waals surface area contributed by atoms with Gasteiger partial charge in [0.25, 0.3) is 0 Å². The first-order valence-corrected chi connectivity index (χ1v) is 7.93. The predicted molar refractivity (Wildman–Crippen MR) is 93.3 cm³/mol. The average Bonchev–Trinajstić information content (AvgIpc) is 2.55. The van der Waals surface area contributed by atoms with Gasteiger partial charge in [0.1, 0.15) is 0 Å². The summed E-state index contributed by atoms with van der Waals surface area (Å²) < 4.78 is 0. The minimum Gasteiger partial charge on any atom is -0.478 e. The Kier molecular flexibility index (Phi) is 4.35. The maximum atomic E-state index is 11.6. The number of hydrogen-bond acceptors (Lipinski definition) is 3. The van der Waals surface area contributed by atoms with Crippen LogP contribution in [0.5, 0.6) is 0 Å². The van der Waals surface area contributed by atoms with Gasteiger partial charge in [-0.2, -0.15) is 0 Å². The number of carboxylic acid groups (broad SMARTS) is 1. The van der Waals surface area contributed by atoms with Crippen LogP contribution < -0.4 is 4.90 Å². The number of hydrogen-bond donors (Lipinski definition) is 1. The molecule has 0 atom stereocenters. The Morgan fingerprint density at radius 2 is 1.70 bits per heavy atom. The number of benzene rings is 2. The minimum absolute atomic E-state index is 0.358. The molecule has 0 unspecified atom stereocenters. The number of carboxylic acids is 1. The summed E-state index contributed by atoms with van der Waals surface area (Å²) in [5, 5.41) is 9.53. The molecule has 0 aliphatic carbocycles. The molecule has 2 aromatic rings. The van der Waals surface area contributed by atoms with E-state index in [1.54, 1.807) is 6.07 Å². The molecule has 0 saturated carbocycles. The zero-order chi connectivity index (χ0) is 16.4. The molecular weight excluding hydrogens is 288 g/mol. The van der Waals surface area contributed by atoms with Crippen LogP contribution >= 0.6 is 0 Å². The number of nitrogens with zero attached hydrogens (tertiary/aromatic N) is 2. The van der Waals surface area contributed by atoms with Crippen LogP contribution in [0.25, 0.3) is 11.1 Å². The highest BCUT2D eigenvalue weighted by molar-refractivity contribution is 5.97. The first kappa shape index (κ1) is 15.6. The quantitative estimate of drug-likeness (QED) is 0.946. The number of carbonyl (C=O) groups is 1. The molecular formula is C19H22N2O2. The Labute approximate surface area is 137 Å². The fourth-order valence-electron chi connectivity index (χ4n) is 3.08. The van der Waals surface area contributed by atoms with E-state index in [2.05, 4.69) is 16.8 Å². The lowest BCUT2D eigenvalue weighted by Gasteiger charge is -2.34. The molecule has 0 spiro atoms. The van der Waals surface area contributed by atoms with Gasteiger partial charge in [-0.05, 0) is 48.9 Å². The van der Waals surface area contributed by atoms with Crippen LogP contribution in [0.15, 0.2) is 42.5 Å². The largest absolute Gasteiger partial charge is 0.478 e. The SMILES string of the molecule is Cc1ccccc1-c1cc(N2CCN(C)CC2)ccc1C(=O)O. The summed E-state index contributed by atoms with van der Waals surface area (Å²) in [5.41, 5.74) is 4.33. The van der Waals surface area contributed by atoms with E-state index in [0.29, 0.717) is 5.56 Å². The van der Waals surface area contributed by atoms with Crippen molar-refractivity contribution in [3.63, 3.8) is 0 Å². The van der Waals surface area contributed by atoms with E-state index < -0.39 is 5.97 Å². The van der Waals surface area contributed by atoms with Gasteiger partial charge in [0, 0.05) is 31.9 Å². The molecule has 1 aliphatic rings. The lowest BCUT2D eigenvalue weighted by molar-refractivity contribution is 0.0698. The Morgan fingerprint density at radius 3 is 2.35 bits per heavy atom. The van der Waals surface area contributed by atoms with Gasteiger partial charge in [-0.25, -0.2) is 4.79 Å². The number of aryl methyl sites for hydroxylation is 1. The van der Waals surface area contributed by atoms with E-state index in [1.807, 2.05) is 43.3 Å². The van der Waals surface area contributed by atoms with Crippen LogP contribution in [-0.2, 0) is 0 Å². The minimum atomic E-state index is -0.881. The molecule has 23 heavy (non-hydrogen) atoms. The van der Waals surface area contributed by atoms with Crippen molar-refractivity contribution in [1.29, 1.82) is 0 Å². The van der Waals surface area contributed by atoms with Crippen LogP contribution in [0, 0.1) is 6.92 Å². The van der Waals surface area contributed by atoms with Gasteiger partial charge >= 0.3 is 5.97 Å². The summed E-state index contributed by atoms with van der Waals surface area (Å²) in [7, 11) is 2.13. The number of rotatable bonds is 3. The van der Waals surface area contributed by atoms with Crippen molar-refractivity contribution >= 4 is 11.7 Å². The van der Waals surface area contributed by atoms with Gasteiger partial charge < -0.3 is 14.9 Å². The topological polar surface area (TPSA) is 43.8 Å². The summed E-state index contributed by atoms with van der Waals surface area (Å²) in [6, 6.07) is 13.6. The van der Waals surface area contributed by atoms with Gasteiger partial charge in [-0.1, -0.05) is 24.3 Å². The number of anilines is 1. The summed E-state index contributed by atoms with van der Waals surface area (Å²) >= 11 is 0. The van der Waals surface area contributed by atoms with Crippen LogP contribution in [0.2, 0.25) is 0 Å². The second-order valence-electron chi connectivity index (χ2n) is 6.14. The van der Waals surface area contributed by atoms with Crippen molar-refractivity contribution in [1.82, 2.24) is 4.90 Å². The maximum Gasteiger partial charge on any atom is 0.336 e. The van der Waals surface area contributed by atoms with E-state index in [-0.39, 0.29) is 0 Å². The van der Waals surface area contributed by atoms with Crippen molar-refractivity contribution in [3.8, 4) is 11.1 Å². The molecule has 4 nitrogen and oxygen atoms in total. The maximum absolute atomic E-state index is 11.6. The van der Waals surface area contributed by atoms with Gasteiger partial charge in [0.2, 0.25) is 0 Å². The molecule has 2 aromatic carbocycles. The van der Waals surface area contributed by atoms with Gasteiger partial charge in [0.05, 0.1) is 5.56 Å². The third-order valence-corrected chi connectivity index (χ3v) is 4.54. The highest BCUT2D eigenvalue weighted by Crippen LogP contribution is 2.31. The molecule has 0 radical (unpaired) electrons. The molecule has 1 fully saturated rings. The van der Waals surface area contributed by atoms with Crippen LogP contribution in [0.4, 0.5) is 5.69 Å². The number of aromatic carboxylic acids is 1. The summed E-state index contributed by atoms with van der Waals surface area (Å²) in [6.45, 7) is 6.01. The molecule has 1 aliphatic heterocycles. The third-order valence-electron chi connectivity index (χ3n) is 4.54. The average molecular weight is 310 g/mol. The molecule has 0 amide bonds. The zero-order valence-corrected chi connectivity index (χ0v) is 13.6. The van der Waals surface area contributed by atoms with E-state index in [0.717, 1.165) is 48.6 Å². The fourth-order valence-corrected chi connectivity index (χ4v) is 3.08. The first-order valence-electron chi connectivity index (χ1n) is 7.93. The molecule has 1 heterocycles. The van der Waals surface area contributed by atoms with Crippen molar-refractivity contribution in [2.24, 2.45) is 0 Å². The highest BCUT2D eigenvalue weighted by Gasteiger charge is 2.18. The normalized spacial score (nSPS) is 15.7. The smallest absolute Gasteiger partial charge is 0.336 e. The molecule has 4 heteroatoms. The summed E-state index contributed by atoms with van der Waals surface area (Å²) in [6.07, 6.45) is 0. The molecule has 1 saturated heterocycles. The Hall–Kier alpha value is -2.33. The molecule has 3 rings (SSSR count). The van der Waals surface area contributed by atoms with Gasteiger partial charge in [0.15, 0.2) is 0 Å². The van der Waals surface area contributed by atoms with E-state index >= 15 is 0 Å². The zero-order valence-electron chi connectivity index (χ0n) is 13.6. The molecule has 0 bridgehead atoms. The van der Waals surface area contributed by atoms with Crippen molar-refractivity contribution in [2.75, 3.05) is 38.1 Å². The lowest BCUT2D eigenvalue weighted by Crippen LogP contribution is -2.44. The third kappa shape index (κ3) is 3.22. The Bertz CT molecular complexity index is 719. The van der Waals surface area contributed by atoms with Crippen molar-refractivity contribution in [2.45, 2.75) is 6.92 Å². The summed E-state index contributed by atoms with van der Waals surface area (Å²) in [5.74, 6) is -0.881. The Balaban J connectivity index is 2.04. The van der Waals surface area contributed by atoms with E-state index in [1.165, 1.54) is 0 Å². The van der Waals surface area contributed by atoms with Crippen LogP contribution in [0.1, 0.15) is 15.9 Å². The van der Waals surface area contributed by atoms with Gasteiger partial charge in [-0.3, -0.25) is 0 Å². The summed E-state index contributed by atoms with van der Waals surface area (Å²) in [4.78, 5) is 16.3. The van der Waals surface area contributed by atoms with Gasteiger partial charge in [-0.15, -0.1) is 0 Å². The van der Waals surface area contributed by atoms with E-state index in [9.17, 15) is 9.90 Å². The van der Waals surface area contributed by atoms with Crippen LogP contribution in [0.3, 0.4) is 0 Å². The lowest BCUT2D eigenvalue weighted by atomic mass is 9.95. The predicted octanol–water partition coefficient (Wildman–Crippen LogP) is 3.11. The Morgan fingerprint density at radius 1 is 1.00 bits per heavy atom. The fraction of sp³-hybridized carbons (Fsp3) is 0.316. The highest BCUT2D eigenvalue weighted by atomic mass is 16.4. The second-order valence-corrected chi connectivity index (χ2v) is 6.14. The monoisotopic (exact) mass is 310 g/mol. The van der Waals surface area contributed by atoms with Crippen LogP contribution in [-0.4, -0.2) is 49.2 Å². The number of likely N-dealkylation sites (N-methyl/N-ethyl adjacent to an activating group) is 1.